The van der Waals surface area contributed by atoms with Crippen LogP contribution in [0.2, 0.25) is 0 Å². The summed E-state index contributed by atoms with van der Waals surface area (Å²) in [5, 5.41) is 17.9. The molecule has 3 nitrogen and oxygen atoms in total. The predicted octanol–water partition coefficient (Wildman–Crippen LogP) is -0.533. The number of hydrogen-bond donors (Lipinski definition) is 3. The molecule has 3 heteroatoms. The van der Waals surface area contributed by atoms with Gasteiger partial charge in [-0.15, -0.1) is 0 Å². The Hall–Kier alpha value is -0.120. The number of rotatable bonds is 2. The third-order valence-corrected chi connectivity index (χ3v) is 2.43. The van der Waals surface area contributed by atoms with Crippen LogP contribution in [0.25, 0.3) is 0 Å². The fourth-order valence-electron chi connectivity index (χ4n) is 1.63. The molecule has 4 N–H and O–H groups in total. The number of aliphatic hydroxyl groups excluding tert-OH is 2. The van der Waals surface area contributed by atoms with Crippen molar-refractivity contribution >= 4 is 0 Å². The van der Waals surface area contributed by atoms with Crippen molar-refractivity contribution in [1.82, 2.24) is 0 Å². The van der Waals surface area contributed by atoms with Crippen molar-refractivity contribution < 1.29 is 10.2 Å². The molecule has 0 aromatic heterocycles. The zero-order valence-electron chi connectivity index (χ0n) is 6.25. The van der Waals surface area contributed by atoms with Crippen LogP contribution in [0.1, 0.15) is 19.8 Å². The first kappa shape index (κ1) is 7.98. The monoisotopic (exact) mass is 145 g/mol. The van der Waals surface area contributed by atoms with Gasteiger partial charge in [0.05, 0.1) is 12.7 Å². The van der Waals surface area contributed by atoms with E-state index < -0.39 is 6.10 Å². The summed E-state index contributed by atoms with van der Waals surface area (Å²) in [6.07, 6.45) is 1.07. The maximum absolute atomic E-state index is 9.25. The Labute approximate surface area is 60.9 Å². The molecular formula is C7H15NO2. The highest BCUT2D eigenvalue weighted by atomic mass is 16.3. The third kappa shape index (κ3) is 1.17. The first-order valence-corrected chi connectivity index (χ1v) is 3.63. The molecule has 1 unspecified atom stereocenters. The molecule has 0 aliphatic heterocycles. The molecule has 1 saturated carbocycles. The van der Waals surface area contributed by atoms with Crippen LogP contribution in [0.5, 0.6) is 0 Å². The molecule has 0 spiro atoms. The summed E-state index contributed by atoms with van der Waals surface area (Å²) in [5.74, 6) is 0. The van der Waals surface area contributed by atoms with Gasteiger partial charge in [-0.25, -0.2) is 0 Å². The number of nitrogens with two attached hydrogens (primary N) is 1. The van der Waals surface area contributed by atoms with Crippen molar-refractivity contribution in [2.45, 2.75) is 31.9 Å². The fourth-order valence-corrected chi connectivity index (χ4v) is 1.63. The maximum atomic E-state index is 9.25. The van der Waals surface area contributed by atoms with Crippen LogP contribution in [-0.2, 0) is 0 Å². The molecule has 1 atom stereocenters. The van der Waals surface area contributed by atoms with Gasteiger partial charge in [-0.1, -0.05) is 6.92 Å². The van der Waals surface area contributed by atoms with E-state index >= 15 is 0 Å². The van der Waals surface area contributed by atoms with E-state index in [1.807, 2.05) is 6.92 Å². The van der Waals surface area contributed by atoms with Gasteiger partial charge in [-0.05, 0) is 18.3 Å². The van der Waals surface area contributed by atoms with E-state index in [2.05, 4.69) is 0 Å². The maximum Gasteiger partial charge on any atom is 0.0825 e. The Balaban J connectivity index is 2.40. The first-order valence-electron chi connectivity index (χ1n) is 3.63. The summed E-state index contributed by atoms with van der Waals surface area (Å²) in [7, 11) is 0. The SMILES string of the molecule is C[C@]1(C(O)CO)C[C@@H](N)C1. The second kappa shape index (κ2) is 2.49. The Morgan fingerprint density at radius 2 is 2.20 bits per heavy atom. The molecule has 0 heterocycles. The number of hydrogen-bond acceptors (Lipinski definition) is 3. The Morgan fingerprint density at radius 1 is 1.70 bits per heavy atom. The molecule has 1 aliphatic rings. The van der Waals surface area contributed by atoms with Crippen molar-refractivity contribution in [2.75, 3.05) is 6.61 Å². The second-order valence-electron chi connectivity index (χ2n) is 3.52. The lowest BCUT2D eigenvalue weighted by Crippen LogP contribution is -2.51. The van der Waals surface area contributed by atoms with Gasteiger partial charge in [-0.2, -0.15) is 0 Å². The van der Waals surface area contributed by atoms with Gasteiger partial charge in [0.2, 0.25) is 0 Å². The summed E-state index contributed by atoms with van der Waals surface area (Å²) >= 11 is 0. The molecule has 0 radical (unpaired) electrons. The molecule has 1 aliphatic carbocycles. The van der Waals surface area contributed by atoms with E-state index in [9.17, 15) is 5.11 Å². The summed E-state index contributed by atoms with van der Waals surface area (Å²) < 4.78 is 0. The summed E-state index contributed by atoms with van der Waals surface area (Å²) in [5.41, 5.74) is 5.44. The minimum Gasteiger partial charge on any atom is -0.394 e. The van der Waals surface area contributed by atoms with Crippen molar-refractivity contribution in [3.63, 3.8) is 0 Å². The molecule has 0 bridgehead atoms. The van der Waals surface area contributed by atoms with E-state index in [4.69, 9.17) is 10.8 Å². The van der Waals surface area contributed by atoms with Crippen LogP contribution in [0.15, 0.2) is 0 Å². The highest BCUT2D eigenvalue weighted by Crippen LogP contribution is 2.42. The third-order valence-electron chi connectivity index (χ3n) is 2.43. The minimum atomic E-state index is -0.590. The van der Waals surface area contributed by atoms with Crippen LogP contribution in [-0.4, -0.2) is 29.0 Å². The standard InChI is InChI=1S/C7H15NO2/c1-7(6(10)4-9)2-5(8)3-7/h5-6,9-10H,2-4,8H2,1H3/t5-,6?,7+. The average Bonchev–Trinajstić information content (AvgIpc) is 1.83. The topological polar surface area (TPSA) is 66.5 Å². The van der Waals surface area contributed by atoms with Gasteiger partial charge in [0.1, 0.15) is 0 Å². The van der Waals surface area contributed by atoms with Gasteiger partial charge < -0.3 is 15.9 Å². The Kier molecular flexibility index (Phi) is 1.99. The van der Waals surface area contributed by atoms with Crippen LogP contribution in [0.4, 0.5) is 0 Å². The zero-order valence-corrected chi connectivity index (χ0v) is 6.25. The van der Waals surface area contributed by atoms with E-state index in [1.54, 1.807) is 0 Å². The van der Waals surface area contributed by atoms with Gasteiger partial charge in [0.25, 0.3) is 0 Å². The van der Waals surface area contributed by atoms with Crippen LogP contribution < -0.4 is 5.73 Å². The van der Waals surface area contributed by atoms with Crippen LogP contribution in [0, 0.1) is 5.41 Å². The Bertz CT molecular complexity index is 121. The molecule has 60 valence electrons. The summed E-state index contributed by atoms with van der Waals surface area (Å²) in [6, 6.07) is 0.228. The molecule has 0 aromatic carbocycles. The van der Waals surface area contributed by atoms with Gasteiger partial charge in [-0.3, -0.25) is 0 Å². The fraction of sp³-hybridized carbons (Fsp3) is 1.00. The lowest BCUT2D eigenvalue weighted by molar-refractivity contribution is -0.0593. The van der Waals surface area contributed by atoms with Crippen molar-refractivity contribution in [2.24, 2.45) is 11.1 Å². The van der Waals surface area contributed by atoms with Gasteiger partial charge in [0, 0.05) is 6.04 Å². The molecule has 0 amide bonds. The van der Waals surface area contributed by atoms with Crippen molar-refractivity contribution in [3.05, 3.63) is 0 Å². The first-order chi connectivity index (χ1) is 4.58. The van der Waals surface area contributed by atoms with E-state index in [0.717, 1.165) is 12.8 Å². The highest BCUT2D eigenvalue weighted by molar-refractivity contribution is 4.97. The summed E-state index contributed by atoms with van der Waals surface area (Å²) in [4.78, 5) is 0. The van der Waals surface area contributed by atoms with E-state index in [0.29, 0.717) is 0 Å². The summed E-state index contributed by atoms with van der Waals surface area (Å²) in [6.45, 7) is 1.81. The lowest BCUT2D eigenvalue weighted by atomic mass is 9.64. The molecular weight excluding hydrogens is 130 g/mol. The molecule has 1 fully saturated rings. The van der Waals surface area contributed by atoms with Gasteiger partial charge in [0.15, 0.2) is 0 Å². The number of aliphatic hydroxyl groups is 2. The molecule has 0 aromatic rings. The van der Waals surface area contributed by atoms with Gasteiger partial charge >= 0.3 is 0 Å². The van der Waals surface area contributed by atoms with Crippen molar-refractivity contribution in [1.29, 1.82) is 0 Å². The quantitative estimate of drug-likeness (QED) is 0.489. The second-order valence-corrected chi connectivity index (χ2v) is 3.52. The van der Waals surface area contributed by atoms with Crippen LogP contribution in [0.3, 0.4) is 0 Å². The normalized spacial score (nSPS) is 42.6. The minimum absolute atomic E-state index is 0.117. The average molecular weight is 145 g/mol. The molecule has 1 rings (SSSR count). The van der Waals surface area contributed by atoms with E-state index in [1.165, 1.54) is 0 Å². The smallest absolute Gasteiger partial charge is 0.0825 e. The largest absolute Gasteiger partial charge is 0.394 e. The Morgan fingerprint density at radius 3 is 2.50 bits per heavy atom. The highest BCUT2D eigenvalue weighted by Gasteiger charge is 2.43. The van der Waals surface area contributed by atoms with Crippen molar-refractivity contribution in [3.8, 4) is 0 Å². The zero-order chi connectivity index (χ0) is 7.78. The molecule has 0 saturated heterocycles. The molecule has 10 heavy (non-hydrogen) atoms. The lowest BCUT2D eigenvalue weighted by Gasteiger charge is -2.46. The van der Waals surface area contributed by atoms with E-state index in [-0.39, 0.29) is 18.1 Å². The van der Waals surface area contributed by atoms with Crippen LogP contribution >= 0.6 is 0 Å². The predicted molar refractivity (Wildman–Crippen MR) is 38.4 cm³/mol.